The standard InChI is InChI=1S/C16H14N2O2S2/c1-11-4-2-5-12(8-11)20-9-15(19)18-16-17-13(10-22-16)14-6-3-7-21-14/h2-8,10H,9H2,1H3,(H,17,18,19). The smallest absolute Gasteiger partial charge is 0.264 e. The summed E-state index contributed by atoms with van der Waals surface area (Å²) in [7, 11) is 0. The van der Waals surface area contributed by atoms with Crippen LogP contribution in [0.1, 0.15) is 5.56 Å². The molecule has 0 bridgehead atoms. The van der Waals surface area contributed by atoms with E-state index in [1.54, 1.807) is 11.3 Å². The van der Waals surface area contributed by atoms with E-state index in [4.69, 9.17) is 4.74 Å². The van der Waals surface area contributed by atoms with Gasteiger partial charge < -0.3 is 4.74 Å². The highest BCUT2D eigenvalue weighted by atomic mass is 32.1. The van der Waals surface area contributed by atoms with Crippen LogP contribution in [0.5, 0.6) is 5.75 Å². The number of hydrogen-bond acceptors (Lipinski definition) is 5. The van der Waals surface area contributed by atoms with Crippen molar-refractivity contribution in [2.24, 2.45) is 0 Å². The normalized spacial score (nSPS) is 10.4. The molecule has 0 fully saturated rings. The number of amides is 1. The molecule has 0 spiro atoms. The summed E-state index contributed by atoms with van der Waals surface area (Å²) < 4.78 is 5.47. The number of anilines is 1. The van der Waals surface area contributed by atoms with Crippen molar-refractivity contribution in [3.05, 3.63) is 52.7 Å². The fraction of sp³-hybridized carbons (Fsp3) is 0.125. The van der Waals surface area contributed by atoms with Gasteiger partial charge in [0.2, 0.25) is 0 Å². The number of carbonyl (C=O) groups is 1. The predicted octanol–water partition coefficient (Wildman–Crippen LogP) is 4.20. The Labute approximate surface area is 136 Å². The van der Waals surface area contributed by atoms with E-state index >= 15 is 0 Å². The molecule has 4 nitrogen and oxygen atoms in total. The zero-order chi connectivity index (χ0) is 15.4. The molecule has 1 amide bonds. The Morgan fingerprint density at radius 3 is 2.95 bits per heavy atom. The van der Waals surface area contributed by atoms with Crippen molar-refractivity contribution in [3.8, 4) is 16.3 Å². The number of rotatable bonds is 5. The fourth-order valence-corrected chi connectivity index (χ4v) is 3.37. The number of aromatic nitrogens is 1. The first kappa shape index (κ1) is 14.7. The molecule has 2 aromatic heterocycles. The van der Waals surface area contributed by atoms with Crippen molar-refractivity contribution >= 4 is 33.7 Å². The summed E-state index contributed by atoms with van der Waals surface area (Å²) in [5.41, 5.74) is 1.98. The van der Waals surface area contributed by atoms with E-state index in [0.717, 1.165) is 16.1 Å². The van der Waals surface area contributed by atoms with Gasteiger partial charge in [-0.2, -0.15) is 0 Å². The van der Waals surface area contributed by atoms with Crippen LogP contribution in [0.15, 0.2) is 47.2 Å². The van der Waals surface area contributed by atoms with Gasteiger partial charge in [0.15, 0.2) is 11.7 Å². The van der Waals surface area contributed by atoms with E-state index in [9.17, 15) is 4.79 Å². The van der Waals surface area contributed by atoms with E-state index in [2.05, 4.69) is 10.3 Å². The zero-order valence-corrected chi connectivity index (χ0v) is 13.5. The highest BCUT2D eigenvalue weighted by molar-refractivity contribution is 7.16. The average Bonchev–Trinajstić information content (AvgIpc) is 3.16. The molecule has 0 aliphatic heterocycles. The molecule has 3 aromatic rings. The summed E-state index contributed by atoms with van der Waals surface area (Å²) in [4.78, 5) is 17.4. The van der Waals surface area contributed by atoms with Crippen LogP contribution in [-0.2, 0) is 4.79 Å². The third-order valence-electron chi connectivity index (χ3n) is 2.88. The van der Waals surface area contributed by atoms with Crippen molar-refractivity contribution in [2.45, 2.75) is 6.92 Å². The van der Waals surface area contributed by atoms with Gasteiger partial charge in [-0.25, -0.2) is 4.98 Å². The molecule has 0 atom stereocenters. The Hall–Kier alpha value is -2.18. The molecule has 0 unspecified atom stereocenters. The molecule has 22 heavy (non-hydrogen) atoms. The first-order chi connectivity index (χ1) is 10.7. The minimum Gasteiger partial charge on any atom is -0.484 e. The Morgan fingerprint density at radius 1 is 1.27 bits per heavy atom. The van der Waals surface area contributed by atoms with E-state index in [1.807, 2.05) is 54.1 Å². The third kappa shape index (κ3) is 3.72. The zero-order valence-electron chi connectivity index (χ0n) is 11.9. The molecule has 0 aliphatic carbocycles. The van der Waals surface area contributed by atoms with Crippen molar-refractivity contribution < 1.29 is 9.53 Å². The van der Waals surface area contributed by atoms with Crippen LogP contribution in [-0.4, -0.2) is 17.5 Å². The summed E-state index contributed by atoms with van der Waals surface area (Å²) in [6, 6.07) is 11.6. The largest absolute Gasteiger partial charge is 0.484 e. The Balaban J connectivity index is 1.56. The van der Waals surface area contributed by atoms with Crippen molar-refractivity contribution in [1.82, 2.24) is 4.98 Å². The SMILES string of the molecule is Cc1cccc(OCC(=O)Nc2nc(-c3cccs3)cs2)c1. The van der Waals surface area contributed by atoms with E-state index in [-0.39, 0.29) is 12.5 Å². The van der Waals surface area contributed by atoms with Crippen molar-refractivity contribution in [2.75, 3.05) is 11.9 Å². The van der Waals surface area contributed by atoms with Crippen LogP contribution in [0.4, 0.5) is 5.13 Å². The van der Waals surface area contributed by atoms with Crippen molar-refractivity contribution in [3.63, 3.8) is 0 Å². The van der Waals surface area contributed by atoms with Gasteiger partial charge in [0.1, 0.15) is 5.75 Å². The van der Waals surface area contributed by atoms with Crippen LogP contribution < -0.4 is 10.1 Å². The van der Waals surface area contributed by atoms with Gasteiger partial charge in [0.25, 0.3) is 5.91 Å². The summed E-state index contributed by atoms with van der Waals surface area (Å²) in [6.45, 7) is 1.95. The minimum absolute atomic E-state index is 0.0304. The Morgan fingerprint density at radius 2 is 2.18 bits per heavy atom. The molecular weight excluding hydrogens is 316 g/mol. The van der Waals surface area contributed by atoms with Gasteiger partial charge in [-0.05, 0) is 36.1 Å². The molecule has 0 saturated heterocycles. The van der Waals surface area contributed by atoms with Gasteiger partial charge in [0.05, 0.1) is 10.6 Å². The third-order valence-corrected chi connectivity index (χ3v) is 4.53. The monoisotopic (exact) mass is 330 g/mol. The number of nitrogens with one attached hydrogen (secondary N) is 1. The molecule has 3 rings (SSSR count). The Kier molecular flexibility index (Phi) is 4.50. The maximum Gasteiger partial charge on any atom is 0.264 e. The summed E-state index contributed by atoms with van der Waals surface area (Å²) in [6.07, 6.45) is 0. The summed E-state index contributed by atoms with van der Waals surface area (Å²) in [5, 5.41) is 7.28. The van der Waals surface area contributed by atoms with Gasteiger partial charge >= 0.3 is 0 Å². The topological polar surface area (TPSA) is 51.2 Å². The second-order valence-corrected chi connectivity index (χ2v) is 6.47. The molecule has 0 saturated carbocycles. The van der Waals surface area contributed by atoms with E-state index < -0.39 is 0 Å². The number of thiazole rings is 1. The first-order valence-electron chi connectivity index (χ1n) is 6.69. The van der Waals surface area contributed by atoms with Gasteiger partial charge in [-0.3, -0.25) is 10.1 Å². The number of hydrogen-bond donors (Lipinski definition) is 1. The summed E-state index contributed by atoms with van der Waals surface area (Å²) in [5.74, 6) is 0.474. The molecule has 6 heteroatoms. The van der Waals surface area contributed by atoms with Crippen LogP contribution in [0, 0.1) is 6.92 Å². The highest BCUT2D eigenvalue weighted by Gasteiger charge is 2.09. The lowest BCUT2D eigenvalue weighted by Gasteiger charge is -2.06. The lowest BCUT2D eigenvalue weighted by molar-refractivity contribution is -0.118. The Bertz CT molecular complexity index is 766. The lowest BCUT2D eigenvalue weighted by atomic mass is 10.2. The number of aryl methyl sites for hydroxylation is 1. The predicted molar refractivity (Wildman–Crippen MR) is 90.7 cm³/mol. The molecular formula is C16H14N2O2S2. The van der Waals surface area contributed by atoms with Crippen LogP contribution in [0.3, 0.4) is 0 Å². The number of nitrogens with zero attached hydrogens (tertiary/aromatic N) is 1. The second kappa shape index (κ2) is 6.72. The molecule has 1 N–H and O–H groups in total. The molecule has 0 radical (unpaired) electrons. The van der Waals surface area contributed by atoms with Gasteiger partial charge in [-0.1, -0.05) is 18.2 Å². The number of ether oxygens (including phenoxy) is 1. The fourth-order valence-electron chi connectivity index (χ4n) is 1.88. The van der Waals surface area contributed by atoms with Gasteiger partial charge in [-0.15, -0.1) is 22.7 Å². The lowest BCUT2D eigenvalue weighted by Crippen LogP contribution is -2.20. The van der Waals surface area contributed by atoms with Crippen molar-refractivity contribution in [1.29, 1.82) is 0 Å². The molecule has 112 valence electrons. The molecule has 0 aliphatic rings. The van der Waals surface area contributed by atoms with Crippen LogP contribution in [0.2, 0.25) is 0 Å². The highest BCUT2D eigenvalue weighted by Crippen LogP contribution is 2.28. The maximum atomic E-state index is 11.9. The average molecular weight is 330 g/mol. The summed E-state index contributed by atoms with van der Waals surface area (Å²) >= 11 is 3.03. The van der Waals surface area contributed by atoms with Gasteiger partial charge in [0, 0.05) is 5.38 Å². The first-order valence-corrected chi connectivity index (χ1v) is 8.45. The molecule has 2 heterocycles. The van der Waals surface area contributed by atoms with E-state index in [0.29, 0.717) is 10.9 Å². The van der Waals surface area contributed by atoms with E-state index in [1.165, 1.54) is 11.3 Å². The quantitative estimate of drug-likeness (QED) is 0.763. The molecule has 1 aromatic carbocycles. The number of carbonyl (C=O) groups excluding carboxylic acids is 1. The number of benzene rings is 1. The number of thiophene rings is 1. The maximum absolute atomic E-state index is 11.9. The van der Waals surface area contributed by atoms with Crippen LogP contribution >= 0.6 is 22.7 Å². The van der Waals surface area contributed by atoms with Crippen LogP contribution in [0.25, 0.3) is 10.6 Å². The second-order valence-electron chi connectivity index (χ2n) is 4.67. The minimum atomic E-state index is -0.214.